The number of nitro benzene ring substituents is 1. The van der Waals surface area contributed by atoms with Crippen molar-refractivity contribution in [3.63, 3.8) is 0 Å². The van der Waals surface area contributed by atoms with Gasteiger partial charge in [0.25, 0.3) is 11.6 Å². The number of ether oxygens (including phenoxy) is 2. The SMILES string of the molecule is O=C(COC(=O)COc1ccccc1F)Nc1cc([N+](=O)[O-])ccc1F. The maximum atomic E-state index is 13.5. The molecule has 10 heteroatoms. The fraction of sp³-hybridized carbons (Fsp3) is 0.125. The summed E-state index contributed by atoms with van der Waals surface area (Å²) < 4.78 is 36.3. The third-order valence-electron chi connectivity index (χ3n) is 2.98. The van der Waals surface area contributed by atoms with Crippen LogP contribution in [0, 0.1) is 21.7 Å². The van der Waals surface area contributed by atoms with Crippen LogP contribution >= 0.6 is 0 Å². The third kappa shape index (κ3) is 5.23. The average Bonchev–Trinajstić information content (AvgIpc) is 2.61. The second-order valence-electron chi connectivity index (χ2n) is 4.85. The fourth-order valence-corrected chi connectivity index (χ4v) is 1.80. The van der Waals surface area contributed by atoms with Crippen molar-refractivity contribution < 1.29 is 32.8 Å². The molecule has 0 radical (unpaired) electrons. The Morgan fingerprint density at radius 1 is 1.08 bits per heavy atom. The summed E-state index contributed by atoms with van der Waals surface area (Å²) in [7, 11) is 0. The predicted octanol–water partition coefficient (Wildman–Crippen LogP) is 2.43. The molecule has 0 saturated heterocycles. The summed E-state index contributed by atoms with van der Waals surface area (Å²) in [6.45, 7) is -1.42. The lowest BCUT2D eigenvalue weighted by atomic mass is 10.2. The van der Waals surface area contributed by atoms with Crippen molar-refractivity contribution in [2.45, 2.75) is 0 Å². The molecule has 0 aliphatic rings. The van der Waals surface area contributed by atoms with E-state index in [9.17, 15) is 28.5 Å². The zero-order valence-corrected chi connectivity index (χ0v) is 13.1. The number of carbonyl (C=O) groups is 2. The van der Waals surface area contributed by atoms with Crippen molar-refractivity contribution in [2.24, 2.45) is 0 Å². The highest BCUT2D eigenvalue weighted by Crippen LogP contribution is 2.21. The number of amides is 1. The largest absolute Gasteiger partial charge is 0.479 e. The zero-order valence-electron chi connectivity index (χ0n) is 13.1. The zero-order chi connectivity index (χ0) is 19.1. The molecule has 136 valence electrons. The first-order valence-electron chi connectivity index (χ1n) is 7.13. The number of nitrogens with one attached hydrogen (secondary N) is 1. The quantitative estimate of drug-likeness (QED) is 0.458. The Morgan fingerprint density at radius 3 is 2.50 bits per heavy atom. The van der Waals surface area contributed by atoms with Gasteiger partial charge in [-0.2, -0.15) is 0 Å². The topological polar surface area (TPSA) is 108 Å². The van der Waals surface area contributed by atoms with E-state index in [2.05, 4.69) is 4.74 Å². The van der Waals surface area contributed by atoms with Crippen LogP contribution in [0.25, 0.3) is 0 Å². The lowest BCUT2D eigenvalue weighted by Crippen LogP contribution is -2.24. The van der Waals surface area contributed by atoms with E-state index in [1.54, 1.807) is 0 Å². The molecule has 0 unspecified atom stereocenters. The van der Waals surface area contributed by atoms with Crippen LogP contribution in [-0.4, -0.2) is 30.0 Å². The van der Waals surface area contributed by atoms with Crippen molar-refractivity contribution in [1.82, 2.24) is 0 Å². The maximum absolute atomic E-state index is 13.5. The molecule has 0 atom stereocenters. The molecule has 26 heavy (non-hydrogen) atoms. The van der Waals surface area contributed by atoms with E-state index < -0.39 is 53.0 Å². The van der Waals surface area contributed by atoms with E-state index in [0.717, 1.165) is 24.3 Å². The van der Waals surface area contributed by atoms with E-state index in [-0.39, 0.29) is 5.75 Å². The Labute approximate surface area is 145 Å². The minimum atomic E-state index is -0.956. The van der Waals surface area contributed by atoms with Gasteiger partial charge in [-0.25, -0.2) is 13.6 Å². The molecule has 2 aromatic rings. The van der Waals surface area contributed by atoms with E-state index in [1.807, 2.05) is 5.32 Å². The highest BCUT2D eigenvalue weighted by molar-refractivity contribution is 5.93. The first kappa shape index (κ1) is 18.8. The minimum absolute atomic E-state index is 0.160. The number of benzene rings is 2. The van der Waals surface area contributed by atoms with Gasteiger partial charge in [0.05, 0.1) is 10.6 Å². The van der Waals surface area contributed by atoms with Crippen LogP contribution in [0.2, 0.25) is 0 Å². The van der Waals surface area contributed by atoms with Crippen molar-refractivity contribution in [3.8, 4) is 5.75 Å². The second kappa shape index (κ2) is 8.51. The third-order valence-corrected chi connectivity index (χ3v) is 2.98. The van der Waals surface area contributed by atoms with Crippen molar-refractivity contribution in [2.75, 3.05) is 18.5 Å². The van der Waals surface area contributed by atoms with Crippen LogP contribution in [0.1, 0.15) is 0 Å². The van der Waals surface area contributed by atoms with Crippen LogP contribution in [0.15, 0.2) is 42.5 Å². The Morgan fingerprint density at radius 2 is 1.81 bits per heavy atom. The molecular weight excluding hydrogens is 354 g/mol. The number of hydrogen-bond donors (Lipinski definition) is 1. The number of esters is 1. The number of rotatable bonds is 7. The van der Waals surface area contributed by atoms with E-state index in [4.69, 9.17) is 4.74 Å². The molecule has 1 N–H and O–H groups in total. The lowest BCUT2D eigenvalue weighted by Gasteiger charge is -2.08. The van der Waals surface area contributed by atoms with Crippen LogP contribution < -0.4 is 10.1 Å². The molecule has 8 nitrogen and oxygen atoms in total. The van der Waals surface area contributed by atoms with E-state index in [0.29, 0.717) is 0 Å². The van der Waals surface area contributed by atoms with Crippen molar-refractivity contribution in [3.05, 3.63) is 64.2 Å². The Bertz CT molecular complexity index is 843. The average molecular weight is 366 g/mol. The summed E-state index contributed by atoms with van der Waals surface area (Å²) in [6.07, 6.45) is 0. The van der Waals surface area contributed by atoms with Crippen LogP contribution in [0.4, 0.5) is 20.2 Å². The highest BCUT2D eigenvalue weighted by Gasteiger charge is 2.15. The summed E-state index contributed by atoms with van der Waals surface area (Å²) in [5.41, 5.74) is -0.847. The highest BCUT2D eigenvalue weighted by atomic mass is 19.1. The molecule has 1 amide bonds. The molecule has 0 saturated carbocycles. The monoisotopic (exact) mass is 366 g/mol. The molecule has 0 fully saturated rings. The van der Waals surface area contributed by atoms with Gasteiger partial charge >= 0.3 is 5.97 Å². The fourth-order valence-electron chi connectivity index (χ4n) is 1.80. The number of para-hydroxylation sites is 1. The molecule has 2 rings (SSSR count). The number of hydrogen-bond acceptors (Lipinski definition) is 6. The van der Waals surface area contributed by atoms with Gasteiger partial charge in [-0.05, 0) is 18.2 Å². The van der Waals surface area contributed by atoms with Gasteiger partial charge in [-0.3, -0.25) is 14.9 Å². The number of nitrogens with zero attached hydrogens (tertiary/aromatic N) is 1. The molecule has 0 aromatic heterocycles. The number of anilines is 1. The summed E-state index contributed by atoms with van der Waals surface area (Å²) >= 11 is 0. The molecule has 0 heterocycles. The van der Waals surface area contributed by atoms with Crippen molar-refractivity contribution >= 4 is 23.3 Å². The Kier molecular flexibility index (Phi) is 6.15. The molecule has 2 aromatic carbocycles. The van der Waals surface area contributed by atoms with Gasteiger partial charge in [0.15, 0.2) is 24.8 Å². The smallest absolute Gasteiger partial charge is 0.344 e. The van der Waals surface area contributed by atoms with Gasteiger partial charge in [-0.15, -0.1) is 0 Å². The van der Waals surface area contributed by atoms with Gasteiger partial charge in [-0.1, -0.05) is 12.1 Å². The summed E-state index contributed by atoms with van der Waals surface area (Å²) in [6, 6.07) is 7.98. The van der Waals surface area contributed by atoms with Gasteiger partial charge in [0.2, 0.25) is 0 Å². The molecule has 0 bridgehead atoms. The molecular formula is C16H12F2N2O6. The molecule has 0 spiro atoms. The van der Waals surface area contributed by atoms with Crippen LogP contribution in [-0.2, 0) is 14.3 Å². The first-order chi connectivity index (χ1) is 12.4. The standard InChI is InChI=1S/C16H12F2N2O6/c17-11-6-5-10(20(23)24)7-13(11)19-15(21)8-26-16(22)9-25-14-4-2-1-3-12(14)18/h1-7H,8-9H2,(H,19,21). The number of nitro groups is 1. The van der Waals surface area contributed by atoms with Crippen LogP contribution in [0.5, 0.6) is 5.75 Å². The predicted molar refractivity (Wildman–Crippen MR) is 84.5 cm³/mol. The van der Waals surface area contributed by atoms with Gasteiger partial charge < -0.3 is 14.8 Å². The Balaban J connectivity index is 1.83. The van der Waals surface area contributed by atoms with Gasteiger partial charge in [0.1, 0.15) is 5.82 Å². The van der Waals surface area contributed by atoms with E-state index in [1.165, 1.54) is 18.2 Å². The maximum Gasteiger partial charge on any atom is 0.344 e. The normalized spacial score (nSPS) is 10.1. The first-order valence-corrected chi connectivity index (χ1v) is 7.13. The number of halogens is 2. The number of carbonyl (C=O) groups excluding carboxylic acids is 2. The minimum Gasteiger partial charge on any atom is -0.479 e. The molecule has 0 aliphatic heterocycles. The van der Waals surface area contributed by atoms with Crippen LogP contribution in [0.3, 0.4) is 0 Å². The van der Waals surface area contributed by atoms with Gasteiger partial charge in [0, 0.05) is 12.1 Å². The van der Waals surface area contributed by atoms with E-state index >= 15 is 0 Å². The Hall–Kier alpha value is -3.56. The second-order valence-corrected chi connectivity index (χ2v) is 4.85. The number of non-ortho nitro benzene ring substituents is 1. The summed E-state index contributed by atoms with van der Waals surface area (Å²) in [4.78, 5) is 33.0. The summed E-state index contributed by atoms with van der Waals surface area (Å²) in [5, 5.41) is 12.7. The summed E-state index contributed by atoms with van der Waals surface area (Å²) in [5.74, 6) is -3.59. The molecule has 0 aliphatic carbocycles. The lowest BCUT2D eigenvalue weighted by molar-refractivity contribution is -0.384. The van der Waals surface area contributed by atoms with Crippen molar-refractivity contribution in [1.29, 1.82) is 0 Å².